The number of rotatable bonds is 5. The molecular formula is C13H24N2O3. The zero-order valence-corrected chi connectivity index (χ0v) is 11.7. The molecule has 0 spiro atoms. The molecule has 1 rings (SSSR count). The minimum atomic E-state index is -0.378. The maximum Gasteiger partial charge on any atom is 0.245 e. The number of ether oxygens (including phenoxy) is 1. The smallest absolute Gasteiger partial charge is 0.245 e. The molecule has 5 heteroatoms. The second-order valence-electron chi connectivity index (χ2n) is 5.00. The lowest BCUT2D eigenvalue weighted by molar-refractivity contribution is -0.136. The Labute approximate surface area is 109 Å². The number of nitrogens with zero attached hydrogens (tertiary/aromatic N) is 1. The fourth-order valence-corrected chi connectivity index (χ4v) is 2.22. The van der Waals surface area contributed by atoms with Crippen LogP contribution in [0.1, 0.15) is 40.0 Å². The van der Waals surface area contributed by atoms with Gasteiger partial charge in [-0.05, 0) is 20.3 Å². The molecule has 1 fully saturated rings. The highest BCUT2D eigenvalue weighted by atomic mass is 16.5. The molecule has 18 heavy (non-hydrogen) atoms. The molecular weight excluding hydrogens is 232 g/mol. The topological polar surface area (TPSA) is 58.6 Å². The van der Waals surface area contributed by atoms with Gasteiger partial charge in [-0.3, -0.25) is 9.59 Å². The number of hydrogen-bond donors (Lipinski definition) is 1. The molecule has 104 valence electrons. The standard InChI is InChI=1S/C13H24N2O3/c1-5-6-11-13(17)15(8-10(3)18-4)9(2)7-12(16)14-11/h9-11H,5-8H2,1-4H3,(H,14,16). The third-order valence-corrected chi connectivity index (χ3v) is 3.36. The fraction of sp³-hybridized carbons (Fsp3) is 0.846. The van der Waals surface area contributed by atoms with Crippen molar-refractivity contribution in [3.8, 4) is 0 Å². The Morgan fingerprint density at radius 2 is 2.17 bits per heavy atom. The molecule has 1 heterocycles. The molecule has 1 N–H and O–H groups in total. The molecule has 0 aromatic heterocycles. The summed E-state index contributed by atoms with van der Waals surface area (Å²) in [7, 11) is 1.63. The average Bonchev–Trinajstić information content (AvgIpc) is 2.41. The molecule has 0 aromatic rings. The maximum absolute atomic E-state index is 12.4. The molecule has 3 atom stereocenters. The van der Waals surface area contributed by atoms with Gasteiger partial charge >= 0.3 is 0 Å². The predicted octanol–water partition coefficient (Wildman–Crippen LogP) is 0.927. The van der Waals surface area contributed by atoms with Crippen molar-refractivity contribution in [2.45, 2.75) is 58.2 Å². The van der Waals surface area contributed by atoms with Crippen molar-refractivity contribution < 1.29 is 14.3 Å². The zero-order valence-electron chi connectivity index (χ0n) is 11.7. The number of methoxy groups -OCH3 is 1. The average molecular weight is 256 g/mol. The van der Waals surface area contributed by atoms with E-state index in [1.807, 2.05) is 20.8 Å². The third-order valence-electron chi connectivity index (χ3n) is 3.36. The van der Waals surface area contributed by atoms with Crippen LogP contribution in [0.3, 0.4) is 0 Å². The second-order valence-corrected chi connectivity index (χ2v) is 5.00. The Kier molecular flexibility index (Phi) is 5.59. The molecule has 1 aliphatic rings. The molecule has 0 saturated carbocycles. The van der Waals surface area contributed by atoms with Crippen LogP contribution >= 0.6 is 0 Å². The van der Waals surface area contributed by atoms with Gasteiger partial charge in [0.05, 0.1) is 6.10 Å². The van der Waals surface area contributed by atoms with Crippen LogP contribution in [0, 0.1) is 0 Å². The fourth-order valence-electron chi connectivity index (χ4n) is 2.22. The summed E-state index contributed by atoms with van der Waals surface area (Å²) >= 11 is 0. The van der Waals surface area contributed by atoms with Crippen LogP contribution in [0.5, 0.6) is 0 Å². The van der Waals surface area contributed by atoms with Crippen molar-refractivity contribution in [2.75, 3.05) is 13.7 Å². The highest BCUT2D eigenvalue weighted by Crippen LogP contribution is 2.15. The second kappa shape index (κ2) is 6.73. The minimum Gasteiger partial charge on any atom is -0.380 e. The van der Waals surface area contributed by atoms with Gasteiger partial charge < -0.3 is 15.0 Å². The van der Waals surface area contributed by atoms with Crippen molar-refractivity contribution in [3.63, 3.8) is 0 Å². The van der Waals surface area contributed by atoms with Crippen molar-refractivity contribution in [3.05, 3.63) is 0 Å². The summed E-state index contributed by atoms with van der Waals surface area (Å²) in [4.78, 5) is 25.9. The van der Waals surface area contributed by atoms with Crippen molar-refractivity contribution in [1.29, 1.82) is 0 Å². The van der Waals surface area contributed by atoms with Crippen molar-refractivity contribution in [2.24, 2.45) is 0 Å². The summed E-state index contributed by atoms with van der Waals surface area (Å²) in [6, 6.07) is -0.450. The quantitative estimate of drug-likeness (QED) is 0.796. The minimum absolute atomic E-state index is 0.0131. The zero-order chi connectivity index (χ0) is 13.7. The van der Waals surface area contributed by atoms with Crippen LogP contribution in [0.4, 0.5) is 0 Å². The summed E-state index contributed by atoms with van der Waals surface area (Å²) in [5, 5.41) is 2.81. The van der Waals surface area contributed by atoms with Gasteiger partial charge in [-0.2, -0.15) is 0 Å². The monoisotopic (exact) mass is 256 g/mol. The lowest BCUT2D eigenvalue weighted by Crippen LogP contribution is -2.48. The van der Waals surface area contributed by atoms with Gasteiger partial charge in [-0.25, -0.2) is 0 Å². The van der Waals surface area contributed by atoms with E-state index in [1.165, 1.54) is 0 Å². The Morgan fingerprint density at radius 3 is 2.72 bits per heavy atom. The summed E-state index contributed by atoms with van der Waals surface area (Å²) in [6.07, 6.45) is 1.91. The Hall–Kier alpha value is -1.10. The highest BCUT2D eigenvalue weighted by Gasteiger charge is 2.33. The number of carbonyl (C=O) groups is 2. The number of nitrogens with one attached hydrogen (secondary N) is 1. The first-order chi connectivity index (χ1) is 8.49. The lowest BCUT2D eigenvalue weighted by Gasteiger charge is -2.30. The number of amides is 2. The van der Waals surface area contributed by atoms with Crippen LogP contribution < -0.4 is 5.32 Å². The molecule has 1 saturated heterocycles. The van der Waals surface area contributed by atoms with Crippen LogP contribution in [0.2, 0.25) is 0 Å². The summed E-state index contributed by atoms with van der Waals surface area (Å²) < 4.78 is 5.21. The van der Waals surface area contributed by atoms with Crippen LogP contribution in [0.25, 0.3) is 0 Å². The van der Waals surface area contributed by atoms with Crippen LogP contribution in [0.15, 0.2) is 0 Å². The Bertz CT molecular complexity index is 307. The van der Waals surface area contributed by atoms with E-state index < -0.39 is 0 Å². The van der Waals surface area contributed by atoms with E-state index in [4.69, 9.17) is 4.74 Å². The first kappa shape index (κ1) is 15.0. The van der Waals surface area contributed by atoms with Crippen LogP contribution in [-0.2, 0) is 14.3 Å². The van der Waals surface area contributed by atoms with Gasteiger partial charge in [-0.15, -0.1) is 0 Å². The maximum atomic E-state index is 12.4. The molecule has 0 aromatic carbocycles. The van der Waals surface area contributed by atoms with Gasteiger partial charge in [0.15, 0.2) is 0 Å². The van der Waals surface area contributed by atoms with Gasteiger partial charge in [0.1, 0.15) is 6.04 Å². The summed E-state index contributed by atoms with van der Waals surface area (Å²) in [6.45, 7) is 6.38. The van der Waals surface area contributed by atoms with E-state index in [0.29, 0.717) is 19.4 Å². The normalized spacial score (nSPS) is 26.8. The van der Waals surface area contributed by atoms with Gasteiger partial charge in [0, 0.05) is 26.1 Å². The van der Waals surface area contributed by atoms with Crippen LogP contribution in [-0.4, -0.2) is 48.6 Å². The van der Waals surface area contributed by atoms with Gasteiger partial charge in [0.2, 0.25) is 11.8 Å². The van der Waals surface area contributed by atoms with E-state index >= 15 is 0 Å². The molecule has 3 unspecified atom stereocenters. The molecule has 0 aliphatic carbocycles. The van der Waals surface area contributed by atoms with E-state index in [2.05, 4.69) is 5.32 Å². The first-order valence-electron chi connectivity index (χ1n) is 6.62. The molecule has 2 amide bonds. The SMILES string of the molecule is CCCC1NC(=O)CC(C)N(CC(C)OC)C1=O. The Balaban J connectivity index is 2.83. The lowest BCUT2D eigenvalue weighted by atomic mass is 10.1. The van der Waals surface area contributed by atoms with E-state index in [9.17, 15) is 9.59 Å². The first-order valence-corrected chi connectivity index (χ1v) is 6.62. The number of hydrogen-bond acceptors (Lipinski definition) is 3. The van der Waals surface area contributed by atoms with Gasteiger partial charge in [-0.1, -0.05) is 13.3 Å². The Morgan fingerprint density at radius 1 is 1.50 bits per heavy atom. The van der Waals surface area contributed by atoms with Gasteiger partial charge in [0.25, 0.3) is 0 Å². The summed E-state index contributed by atoms with van der Waals surface area (Å²) in [5.74, 6) is -0.0269. The third kappa shape index (κ3) is 3.70. The van der Waals surface area contributed by atoms with Crippen molar-refractivity contribution in [1.82, 2.24) is 10.2 Å². The predicted molar refractivity (Wildman–Crippen MR) is 69.1 cm³/mol. The van der Waals surface area contributed by atoms with Crippen molar-refractivity contribution >= 4 is 11.8 Å². The summed E-state index contributed by atoms with van der Waals surface area (Å²) in [5.41, 5.74) is 0. The van der Waals surface area contributed by atoms with E-state index in [0.717, 1.165) is 6.42 Å². The number of carbonyl (C=O) groups excluding carboxylic acids is 2. The molecule has 0 bridgehead atoms. The highest BCUT2D eigenvalue weighted by molar-refractivity contribution is 5.90. The molecule has 1 aliphatic heterocycles. The molecule has 5 nitrogen and oxygen atoms in total. The van der Waals surface area contributed by atoms with E-state index in [-0.39, 0.29) is 30.0 Å². The molecule has 0 radical (unpaired) electrons. The van der Waals surface area contributed by atoms with E-state index in [1.54, 1.807) is 12.0 Å². The largest absolute Gasteiger partial charge is 0.380 e.